The van der Waals surface area contributed by atoms with E-state index in [4.69, 9.17) is 15.2 Å². The minimum absolute atomic E-state index is 0.0143. The molecule has 0 spiro atoms. The number of nitrogens with two attached hydrogens (primary N) is 1. The Kier molecular flexibility index (Phi) is 3.75. The fourth-order valence-corrected chi connectivity index (χ4v) is 1.77. The molecule has 0 radical (unpaired) electrons. The molecule has 2 rings (SSSR count). The molecular weight excluding hydrogens is 258 g/mol. The lowest BCUT2D eigenvalue weighted by Gasteiger charge is -2.14. The predicted molar refractivity (Wildman–Crippen MR) is 61.5 cm³/mol. The lowest BCUT2D eigenvalue weighted by Crippen LogP contribution is -2.34. The van der Waals surface area contributed by atoms with E-state index < -0.39 is 0 Å². The molecule has 4 heteroatoms. The molecule has 3 nitrogen and oxygen atoms in total. The van der Waals surface area contributed by atoms with Crippen LogP contribution in [0.5, 0.6) is 0 Å². The van der Waals surface area contributed by atoms with Crippen molar-refractivity contribution < 1.29 is 9.47 Å². The predicted octanol–water partition coefficient (Wildman–Crippen LogP) is 1.69. The summed E-state index contributed by atoms with van der Waals surface area (Å²) in [5, 5.41) is 0. The fraction of sp³-hybridized carbons (Fsp3) is 0.455. The van der Waals surface area contributed by atoms with E-state index in [0.717, 1.165) is 10.0 Å². The molecule has 0 saturated carbocycles. The SMILES string of the molecule is NC1COCC1OCc1ccc(Br)cc1. The van der Waals surface area contributed by atoms with Crippen molar-refractivity contribution in [3.05, 3.63) is 34.3 Å². The van der Waals surface area contributed by atoms with E-state index >= 15 is 0 Å². The van der Waals surface area contributed by atoms with Crippen molar-refractivity contribution in [3.63, 3.8) is 0 Å². The Morgan fingerprint density at radius 2 is 2.07 bits per heavy atom. The molecule has 1 aliphatic heterocycles. The molecule has 1 aromatic rings. The average Bonchev–Trinajstić information content (AvgIpc) is 2.63. The molecule has 0 aromatic heterocycles. The first-order chi connectivity index (χ1) is 7.25. The molecule has 1 saturated heterocycles. The Hall–Kier alpha value is -0.420. The van der Waals surface area contributed by atoms with Gasteiger partial charge in [0.15, 0.2) is 0 Å². The summed E-state index contributed by atoms with van der Waals surface area (Å²) in [7, 11) is 0. The molecule has 15 heavy (non-hydrogen) atoms. The topological polar surface area (TPSA) is 44.5 Å². The van der Waals surface area contributed by atoms with Crippen molar-refractivity contribution in [2.75, 3.05) is 13.2 Å². The van der Waals surface area contributed by atoms with Crippen LogP contribution in [0.2, 0.25) is 0 Å². The summed E-state index contributed by atoms with van der Waals surface area (Å²) in [6, 6.07) is 8.09. The van der Waals surface area contributed by atoms with Crippen LogP contribution >= 0.6 is 15.9 Å². The standard InChI is InChI=1S/C11H14BrNO2/c12-9-3-1-8(2-4-9)5-15-11-7-14-6-10(11)13/h1-4,10-11H,5-7,13H2. The van der Waals surface area contributed by atoms with Crippen LogP contribution in [0.3, 0.4) is 0 Å². The number of hydrogen-bond donors (Lipinski definition) is 1. The summed E-state index contributed by atoms with van der Waals surface area (Å²) in [5.41, 5.74) is 6.96. The van der Waals surface area contributed by atoms with E-state index in [1.807, 2.05) is 24.3 Å². The van der Waals surface area contributed by atoms with Gasteiger partial charge in [0.25, 0.3) is 0 Å². The zero-order valence-electron chi connectivity index (χ0n) is 8.36. The second-order valence-corrected chi connectivity index (χ2v) is 4.59. The normalized spacial score (nSPS) is 25.7. The third kappa shape index (κ3) is 3.01. The number of ether oxygens (including phenoxy) is 2. The van der Waals surface area contributed by atoms with Crippen molar-refractivity contribution in [3.8, 4) is 0 Å². The molecule has 1 fully saturated rings. The van der Waals surface area contributed by atoms with Gasteiger partial charge in [0.05, 0.1) is 32.0 Å². The van der Waals surface area contributed by atoms with E-state index in [9.17, 15) is 0 Å². The van der Waals surface area contributed by atoms with Crippen LogP contribution in [0.15, 0.2) is 28.7 Å². The Morgan fingerprint density at radius 1 is 1.33 bits per heavy atom. The summed E-state index contributed by atoms with van der Waals surface area (Å²) in [6.07, 6.45) is 0.0358. The minimum atomic E-state index is 0.0143. The molecule has 2 N–H and O–H groups in total. The smallest absolute Gasteiger partial charge is 0.0985 e. The first kappa shape index (κ1) is 11.1. The second-order valence-electron chi connectivity index (χ2n) is 3.68. The van der Waals surface area contributed by atoms with Gasteiger partial charge in [0, 0.05) is 4.47 Å². The Balaban J connectivity index is 1.85. The summed E-state index contributed by atoms with van der Waals surface area (Å²) >= 11 is 3.39. The van der Waals surface area contributed by atoms with E-state index in [1.165, 1.54) is 0 Å². The highest BCUT2D eigenvalue weighted by molar-refractivity contribution is 9.10. The van der Waals surface area contributed by atoms with Crippen LogP contribution in [-0.4, -0.2) is 25.4 Å². The quantitative estimate of drug-likeness (QED) is 0.910. The summed E-state index contributed by atoms with van der Waals surface area (Å²) in [6.45, 7) is 1.80. The van der Waals surface area contributed by atoms with Crippen molar-refractivity contribution in [2.45, 2.75) is 18.8 Å². The first-order valence-corrected chi connectivity index (χ1v) is 5.74. The van der Waals surface area contributed by atoms with Gasteiger partial charge in [-0.1, -0.05) is 28.1 Å². The van der Waals surface area contributed by atoms with E-state index in [-0.39, 0.29) is 12.1 Å². The van der Waals surface area contributed by atoms with Crippen molar-refractivity contribution in [1.82, 2.24) is 0 Å². The number of rotatable bonds is 3. The molecule has 0 amide bonds. The molecule has 2 atom stereocenters. The van der Waals surface area contributed by atoms with Crippen LogP contribution in [0.25, 0.3) is 0 Å². The Bertz CT molecular complexity index is 315. The van der Waals surface area contributed by atoms with Crippen molar-refractivity contribution in [1.29, 1.82) is 0 Å². The fourth-order valence-electron chi connectivity index (χ4n) is 1.51. The molecule has 1 heterocycles. The van der Waals surface area contributed by atoms with Gasteiger partial charge < -0.3 is 15.2 Å². The summed E-state index contributed by atoms with van der Waals surface area (Å²) in [4.78, 5) is 0. The van der Waals surface area contributed by atoms with Gasteiger partial charge in [-0.25, -0.2) is 0 Å². The zero-order chi connectivity index (χ0) is 10.7. The van der Waals surface area contributed by atoms with Gasteiger partial charge in [0.1, 0.15) is 0 Å². The number of benzene rings is 1. The number of hydrogen-bond acceptors (Lipinski definition) is 3. The van der Waals surface area contributed by atoms with Crippen LogP contribution in [0, 0.1) is 0 Å². The molecule has 1 aromatic carbocycles. The maximum absolute atomic E-state index is 5.81. The van der Waals surface area contributed by atoms with Gasteiger partial charge in [-0.3, -0.25) is 0 Å². The average molecular weight is 272 g/mol. The lowest BCUT2D eigenvalue weighted by molar-refractivity contribution is 0.0265. The molecule has 1 aliphatic rings. The van der Waals surface area contributed by atoms with E-state index in [0.29, 0.717) is 19.8 Å². The second kappa shape index (κ2) is 5.07. The van der Waals surface area contributed by atoms with Crippen molar-refractivity contribution >= 4 is 15.9 Å². The minimum Gasteiger partial charge on any atom is -0.377 e. The highest BCUT2D eigenvalue weighted by atomic mass is 79.9. The van der Waals surface area contributed by atoms with E-state index in [2.05, 4.69) is 15.9 Å². The molecule has 82 valence electrons. The van der Waals surface area contributed by atoms with Crippen LogP contribution < -0.4 is 5.73 Å². The molecule has 2 unspecified atom stereocenters. The Morgan fingerprint density at radius 3 is 2.67 bits per heavy atom. The Labute approximate surface area is 97.7 Å². The van der Waals surface area contributed by atoms with Crippen molar-refractivity contribution in [2.24, 2.45) is 5.73 Å². The van der Waals surface area contributed by atoms with E-state index in [1.54, 1.807) is 0 Å². The maximum Gasteiger partial charge on any atom is 0.0985 e. The van der Waals surface area contributed by atoms with Gasteiger partial charge in [-0.2, -0.15) is 0 Å². The molecular formula is C11H14BrNO2. The summed E-state index contributed by atoms with van der Waals surface area (Å²) in [5.74, 6) is 0. The van der Waals surface area contributed by atoms with Crippen LogP contribution in [-0.2, 0) is 16.1 Å². The van der Waals surface area contributed by atoms with Gasteiger partial charge in [0.2, 0.25) is 0 Å². The summed E-state index contributed by atoms with van der Waals surface area (Å²) < 4.78 is 12.0. The highest BCUT2D eigenvalue weighted by Crippen LogP contribution is 2.14. The zero-order valence-corrected chi connectivity index (χ0v) is 9.94. The number of halogens is 1. The highest BCUT2D eigenvalue weighted by Gasteiger charge is 2.25. The van der Waals surface area contributed by atoms with Gasteiger partial charge >= 0.3 is 0 Å². The van der Waals surface area contributed by atoms with Gasteiger partial charge in [-0.15, -0.1) is 0 Å². The monoisotopic (exact) mass is 271 g/mol. The lowest BCUT2D eigenvalue weighted by atomic mass is 10.2. The molecule has 0 bridgehead atoms. The maximum atomic E-state index is 5.81. The largest absolute Gasteiger partial charge is 0.377 e. The van der Waals surface area contributed by atoms with Crippen LogP contribution in [0.4, 0.5) is 0 Å². The third-order valence-corrected chi connectivity index (χ3v) is 2.98. The first-order valence-electron chi connectivity index (χ1n) is 4.95. The van der Waals surface area contributed by atoms with Crippen LogP contribution in [0.1, 0.15) is 5.56 Å². The van der Waals surface area contributed by atoms with Gasteiger partial charge in [-0.05, 0) is 17.7 Å². The third-order valence-electron chi connectivity index (χ3n) is 2.45. The molecule has 0 aliphatic carbocycles.